The quantitative estimate of drug-likeness (QED) is 0.437. The molecule has 0 heterocycles. The average Bonchev–Trinajstić information content (AvgIpc) is 1.67. The van der Waals surface area contributed by atoms with Gasteiger partial charge in [-0.3, -0.25) is 0 Å². The van der Waals surface area contributed by atoms with Gasteiger partial charge in [0.2, 0.25) is 0 Å². The van der Waals surface area contributed by atoms with Crippen LogP contribution in [0.3, 0.4) is 0 Å². The average molecular weight is 117 g/mol. The summed E-state index contributed by atoms with van der Waals surface area (Å²) in [7, 11) is 0. The van der Waals surface area contributed by atoms with Crippen molar-refractivity contribution in [3.8, 4) is 0 Å². The largest absolute Gasteiger partial charge is 0.510 e. The number of aliphatic hydroxyl groups excluding tert-OH is 1. The van der Waals surface area contributed by atoms with Crippen molar-refractivity contribution in [1.29, 1.82) is 0 Å². The second kappa shape index (κ2) is 2.15. The summed E-state index contributed by atoms with van der Waals surface area (Å²) in [5.41, 5.74) is 3.72. The van der Waals surface area contributed by atoms with Gasteiger partial charge in [-0.15, -0.1) is 0 Å². The van der Waals surface area contributed by atoms with Crippen LogP contribution < -0.4 is 5.73 Å². The van der Waals surface area contributed by atoms with Crippen LogP contribution in [0.1, 0.15) is 6.92 Å². The molecule has 0 aliphatic rings. The van der Waals surface area contributed by atoms with Crippen LogP contribution in [0.5, 0.6) is 0 Å². The molecule has 3 nitrogen and oxygen atoms in total. The van der Waals surface area contributed by atoms with Crippen molar-refractivity contribution in [2.24, 2.45) is 5.73 Å². The molecule has 0 amide bonds. The minimum Gasteiger partial charge on any atom is -0.510 e. The molecular weight excluding hydrogens is 106 g/mol. The summed E-state index contributed by atoms with van der Waals surface area (Å²) in [6.07, 6.45) is 0. The maximum Gasteiger partial charge on any atom is 0.130 e. The molecule has 0 bridgehead atoms. The first-order chi connectivity index (χ1) is 3.50. The number of rotatable bonds is 2. The molecule has 0 radical (unpaired) electrons. The Balaban J connectivity index is 3.91. The summed E-state index contributed by atoms with van der Waals surface area (Å²) >= 11 is 0. The molecule has 4 N–H and O–H groups in total. The van der Waals surface area contributed by atoms with Crippen LogP contribution in [0.2, 0.25) is 0 Å². The third kappa shape index (κ3) is 1.52. The van der Waals surface area contributed by atoms with Crippen LogP contribution in [-0.4, -0.2) is 22.4 Å². The van der Waals surface area contributed by atoms with Gasteiger partial charge in [0.05, 0.1) is 0 Å². The van der Waals surface area contributed by atoms with E-state index in [-0.39, 0.29) is 12.3 Å². The molecule has 0 aromatic carbocycles. The molecule has 1 unspecified atom stereocenters. The van der Waals surface area contributed by atoms with E-state index in [9.17, 15) is 0 Å². The van der Waals surface area contributed by atoms with Crippen molar-refractivity contribution in [3.05, 3.63) is 12.3 Å². The molecule has 0 aliphatic carbocycles. The standard InChI is InChI=1S/C5H11NO2/c1-4(7)5(2,8)3-6/h7-8H,1,3,6H2,2H3. The zero-order chi connectivity index (χ0) is 6.78. The summed E-state index contributed by atoms with van der Waals surface area (Å²) < 4.78 is 0. The molecule has 0 aromatic rings. The molecule has 0 fully saturated rings. The Hall–Kier alpha value is -0.540. The molecule has 0 saturated heterocycles. The third-order valence-electron chi connectivity index (χ3n) is 1.02. The maximum atomic E-state index is 8.93. The van der Waals surface area contributed by atoms with E-state index in [0.717, 1.165) is 0 Å². The summed E-state index contributed by atoms with van der Waals surface area (Å²) in [4.78, 5) is 0. The number of hydrogen-bond donors (Lipinski definition) is 3. The lowest BCUT2D eigenvalue weighted by Gasteiger charge is -2.18. The van der Waals surface area contributed by atoms with E-state index >= 15 is 0 Å². The van der Waals surface area contributed by atoms with Gasteiger partial charge in [0.25, 0.3) is 0 Å². The second-order valence-electron chi connectivity index (χ2n) is 1.92. The van der Waals surface area contributed by atoms with E-state index in [4.69, 9.17) is 15.9 Å². The number of hydrogen-bond acceptors (Lipinski definition) is 3. The predicted molar refractivity (Wildman–Crippen MR) is 31.4 cm³/mol. The van der Waals surface area contributed by atoms with E-state index < -0.39 is 5.60 Å². The summed E-state index contributed by atoms with van der Waals surface area (Å²) in [6, 6.07) is 0. The Morgan fingerprint density at radius 1 is 1.88 bits per heavy atom. The Bertz CT molecular complexity index is 98.6. The molecule has 0 aliphatic heterocycles. The van der Waals surface area contributed by atoms with Crippen molar-refractivity contribution in [1.82, 2.24) is 0 Å². The lowest BCUT2D eigenvalue weighted by Crippen LogP contribution is -2.35. The maximum absolute atomic E-state index is 8.93. The molecule has 1 atom stereocenters. The van der Waals surface area contributed by atoms with Crippen LogP contribution in [-0.2, 0) is 0 Å². The minimum atomic E-state index is -1.32. The first-order valence-corrected chi connectivity index (χ1v) is 2.31. The normalized spacial score (nSPS) is 17.4. The molecule has 48 valence electrons. The van der Waals surface area contributed by atoms with Crippen molar-refractivity contribution in [2.75, 3.05) is 6.54 Å². The van der Waals surface area contributed by atoms with Crippen molar-refractivity contribution < 1.29 is 10.2 Å². The van der Waals surface area contributed by atoms with Crippen LogP contribution in [0.25, 0.3) is 0 Å². The molecule has 3 heteroatoms. The Morgan fingerprint density at radius 3 is 2.25 bits per heavy atom. The van der Waals surface area contributed by atoms with E-state index in [1.54, 1.807) is 0 Å². The van der Waals surface area contributed by atoms with Crippen LogP contribution in [0.15, 0.2) is 12.3 Å². The molecule has 0 rings (SSSR count). The topological polar surface area (TPSA) is 66.5 Å². The van der Waals surface area contributed by atoms with Gasteiger partial charge in [0.15, 0.2) is 0 Å². The zero-order valence-electron chi connectivity index (χ0n) is 4.89. The van der Waals surface area contributed by atoms with Gasteiger partial charge in [0.1, 0.15) is 11.4 Å². The first-order valence-electron chi connectivity index (χ1n) is 2.31. The van der Waals surface area contributed by atoms with Gasteiger partial charge in [-0.1, -0.05) is 6.58 Å². The fourth-order valence-corrected chi connectivity index (χ4v) is 0.118. The van der Waals surface area contributed by atoms with Gasteiger partial charge in [0, 0.05) is 6.54 Å². The van der Waals surface area contributed by atoms with E-state index in [2.05, 4.69) is 6.58 Å². The zero-order valence-corrected chi connectivity index (χ0v) is 4.89. The highest BCUT2D eigenvalue weighted by Crippen LogP contribution is 2.07. The second-order valence-corrected chi connectivity index (χ2v) is 1.92. The van der Waals surface area contributed by atoms with Gasteiger partial charge >= 0.3 is 0 Å². The highest BCUT2D eigenvalue weighted by Gasteiger charge is 2.20. The predicted octanol–water partition coefficient (Wildman–Crippen LogP) is -0.232. The minimum absolute atomic E-state index is 0.0116. The Labute approximate surface area is 48.4 Å². The van der Waals surface area contributed by atoms with Crippen molar-refractivity contribution >= 4 is 0 Å². The van der Waals surface area contributed by atoms with Crippen LogP contribution in [0, 0.1) is 0 Å². The smallest absolute Gasteiger partial charge is 0.130 e. The Kier molecular flexibility index (Phi) is 2.01. The molecule has 0 spiro atoms. The molecule has 0 saturated carbocycles. The van der Waals surface area contributed by atoms with E-state index in [1.807, 2.05) is 0 Å². The highest BCUT2D eigenvalue weighted by molar-refractivity contribution is 5.00. The fraction of sp³-hybridized carbons (Fsp3) is 0.600. The summed E-state index contributed by atoms with van der Waals surface area (Å²) in [6.45, 7) is 4.51. The van der Waals surface area contributed by atoms with Gasteiger partial charge in [-0.25, -0.2) is 0 Å². The fourth-order valence-electron chi connectivity index (χ4n) is 0.118. The van der Waals surface area contributed by atoms with Crippen molar-refractivity contribution in [3.63, 3.8) is 0 Å². The number of aliphatic hydroxyl groups is 2. The highest BCUT2D eigenvalue weighted by atomic mass is 16.3. The number of nitrogens with two attached hydrogens (primary N) is 1. The SMILES string of the molecule is C=C(O)C(C)(O)CN. The lowest BCUT2D eigenvalue weighted by atomic mass is 10.1. The monoisotopic (exact) mass is 117 g/mol. The Morgan fingerprint density at radius 2 is 2.25 bits per heavy atom. The summed E-state index contributed by atoms with van der Waals surface area (Å²) in [5.74, 6) is -0.292. The molecular formula is C5H11NO2. The molecule has 8 heavy (non-hydrogen) atoms. The lowest BCUT2D eigenvalue weighted by molar-refractivity contribution is 0.0622. The first kappa shape index (κ1) is 7.46. The van der Waals surface area contributed by atoms with Gasteiger partial charge in [-0.05, 0) is 6.92 Å². The molecule has 0 aromatic heterocycles. The summed E-state index contributed by atoms with van der Waals surface area (Å²) in [5, 5.41) is 17.5. The van der Waals surface area contributed by atoms with Gasteiger partial charge < -0.3 is 15.9 Å². The van der Waals surface area contributed by atoms with E-state index in [0.29, 0.717) is 0 Å². The van der Waals surface area contributed by atoms with Gasteiger partial charge in [-0.2, -0.15) is 0 Å². The van der Waals surface area contributed by atoms with Crippen LogP contribution >= 0.6 is 0 Å². The van der Waals surface area contributed by atoms with E-state index in [1.165, 1.54) is 6.92 Å². The third-order valence-corrected chi connectivity index (χ3v) is 1.02. The van der Waals surface area contributed by atoms with Crippen molar-refractivity contribution in [2.45, 2.75) is 12.5 Å². The van der Waals surface area contributed by atoms with Crippen LogP contribution in [0.4, 0.5) is 0 Å².